The van der Waals surface area contributed by atoms with Gasteiger partial charge in [0.15, 0.2) is 0 Å². The summed E-state index contributed by atoms with van der Waals surface area (Å²) in [7, 11) is 1.95. The predicted octanol–water partition coefficient (Wildman–Crippen LogP) is 2.36. The molecular weight excluding hydrogens is 306 g/mol. The lowest BCUT2D eigenvalue weighted by atomic mass is 10.0. The van der Waals surface area contributed by atoms with Crippen molar-refractivity contribution >= 4 is 27.5 Å². The van der Waals surface area contributed by atoms with Gasteiger partial charge in [0.05, 0.1) is 11.3 Å². The van der Waals surface area contributed by atoms with Crippen LogP contribution < -0.4 is 16.4 Å². The number of carbonyl (C=O) groups excluding carboxylic acids is 1. The Morgan fingerprint density at radius 2 is 2.05 bits per heavy atom. The van der Waals surface area contributed by atoms with Crippen LogP contribution in [0.15, 0.2) is 22.7 Å². The first-order valence-corrected chi connectivity index (χ1v) is 7.18. The lowest BCUT2D eigenvalue weighted by molar-refractivity contribution is 0.100. The second-order valence-corrected chi connectivity index (χ2v) is 6.06. The molecule has 1 unspecified atom stereocenters. The molecule has 1 atom stereocenters. The van der Waals surface area contributed by atoms with E-state index in [0.717, 1.165) is 23.1 Å². The van der Waals surface area contributed by atoms with Crippen LogP contribution in [0.5, 0.6) is 0 Å². The van der Waals surface area contributed by atoms with Crippen LogP contribution in [-0.2, 0) is 0 Å². The van der Waals surface area contributed by atoms with Gasteiger partial charge in [-0.1, -0.05) is 29.8 Å². The lowest BCUT2D eigenvalue weighted by Gasteiger charge is -2.24. The van der Waals surface area contributed by atoms with E-state index in [9.17, 15) is 4.79 Å². The molecule has 4 nitrogen and oxygen atoms in total. The maximum absolute atomic E-state index is 11.4. The van der Waals surface area contributed by atoms with E-state index >= 15 is 0 Å². The van der Waals surface area contributed by atoms with E-state index in [1.54, 1.807) is 6.07 Å². The summed E-state index contributed by atoms with van der Waals surface area (Å²) in [5.74, 6) is 0.0361. The molecule has 0 fully saturated rings. The second kappa shape index (κ2) is 6.91. The Kier molecular flexibility index (Phi) is 5.82. The van der Waals surface area contributed by atoms with Crippen molar-refractivity contribution in [3.8, 4) is 0 Å². The number of carbonyl (C=O) groups is 1. The molecular formula is C14H22BrN3O. The highest BCUT2D eigenvalue weighted by atomic mass is 79.9. The van der Waals surface area contributed by atoms with Crippen LogP contribution in [0.3, 0.4) is 0 Å². The summed E-state index contributed by atoms with van der Waals surface area (Å²) >= 11 is 3.41. The molecule has 0 aliphatic carbocycles. The first-order valence-electron chi connectivity index (χ1n) is 6.39. The SMILES string of the molecule is CC(C)C(N)CCN(C)c1cc(Br)ccc1C(N)=O. The van der Waals surface area contributed by atoms with Gasteiger partial charge in [-0.25, -0.2) is 0 Å². The minimum absolute atomic E-state index is 0.159. The Balaban J connectivity index is 2.83. The van der Waals surface area contributed by atoms with Gasteiger partial charge in [0.1, 0.15) is 0 Å². The number of rotatable bonds is 6. The molecule has 106 valence electrons. The number of nitrogens with two attached hydrogens (primary N) is 2. The van der Waals surface area contributed by atoms with Crippen molar-refractivity contribution < 1.29 is 4.79 Å². The topological polar surface area (TPSA) is 72.3 Å². The second-order valence-electron chi connectivity index (χ2n) is 5.14. The number of hydrogen-bond acceptors (Lipinski definition) is 3. The number of halogens is 1. The third kappa shape index (κ3) is 4.51. The van der Waals surface area contributed by atoms with Crippen LogP contribution in [0.4, 0.5) is 5.69 Å². The predicted molar refractivity (Wildman–Crippen MR) is 83.4 cm³/mol. The summed E-state index contributed by atoms with van der Waals surface area (Å²) in [6, 6.07) is 5.62. The third-order valence-corrected chi connectivity index (χ3v) is 3.78. The highest BCUT2D eigenvalue weighted by Crippen LogP contribution is 2.24. The van der Waals surface area contributed by atoms with E-state index in [1.165, 1.54) is 0 Å². The number of nitrogens with zero attached hydrogens (tertiary/aromatic N) is 1. The van der Waals surface area contributed by atoms with Crippen molar-refractivity contribution in [1.82, 2.24) is 0 Å². The number of hydrogen-bond donors (Lipinski definition) is 2. The minimum atomic E-state index is -0.414. The molecule has 0 saturated carbocycles. The number of primary amides is 1. The Labute approximate surface area is 123 Å². The molecule has 4 N–H and O–H groups in total. The Morgan fingerprint density at radius 1 is 1.42 bits per heavy atom. The molecule has 0 aliphatic rings. The molecule has 1 amide bonds. The standard InChI is InChI=1S/C14H22BrN3O/c1-9(2)12(16)6-7-18(3)13-8-10(15)4-5-11(13)14(17)19/h4-5,8-9,12H,6-7,16H2,1-3H3,(H2,17,19). The van der Waals surface area contributed by atoms with Crippen LogP contribution in [0.2, 0.25) is 0 Å². The smallest absolute Gasteiger partial charge is 0.250 e. The van der Waals surface area contributed by atoms with Gasteiger partial charge < -0.3 is 16.4 Å². The van der Waals surface area contributed by atoms with Gasteiger partial charge in [-0.3, -0.25) is 4.79 Å². The van der Waals surface area contributed by atoms with Crippen molar-refractivity contribution in [3.05, 3.63) is 28.2 Å². The summed E-state index contributed by atoms with van der Waals surface area (Å²) in [5, 5.41) is 0. The molecule has 0 spiro atoms. The van der Waals surface area contributed by atoms with E-state index in [-0.39, 0.29) is 6.04 Å². The van der Waals surface area contributed by atoms with Crippen molar-refractivity contribution in [2.45, 2.75) is 26.3 Å². The van der Waals surface area contributed by atoms with Gasteiger partial charge in [-0.2, -0.15) is 0 Å². The van der Waals surface area contributed by atoms with Gasteiger partial charge in [-0.15, -0.1) is 0 Å². The molecule has 5 heteroatoms. The normalized spacial score (nSPS) is 12.5. The maximum Gasteiger partial charge on any atom is 0.250 e. The molecule has 1 aromatic carbocycles. The third-order valence-electron chi connectivity index (χ3n) is 3.29. The monoisotopic (exact) mass is 327 g/mol. The molecule has 0 heterocycles. The fourth-order valence-corrected chi connectivity index (χ4v) is 2.17. The quantitative estimate of drug-likeness (QED) is 0.842. The van der Waals surface area contributed by atoms with Gasteiger partial charge in [0.2, 0.25) is 0 Å². The largest absolute Gasteiger partial charge is 0.374 e. The molecule has 0 radical (unpaired) electrons. The Bertz CT molecular complexity index is 448. The average molecular weight is 328 g/mol. The van der Waals surface area contributed by atoms with E-state index in [1.807, 2.05) is 24.1 Å². The Hall–Kier alpha value is -1.07. The van der Waals surface area contributed by atoms with Gasteiger partial charge in [0, 0.05) is 24.1 Å². The first kappa shape index (κ1) is 16.0. The summed E-state index contributed by atoms with van der Waals surface area (Å²) in [4.78, 5) is 13.5. The number of anilines is 1. The minimum Gasteiger partial charge on any atom is -0.374 e. The molecule has 19 heavy (non-hydrogen) atoms. The maximum atomic E-state index is 11.4. The molecule has 1 aromatic rings. The number of benzene rings is 1. The zero-order chi connectivity index (χ0) is 14.6. The van der Waals surface area contributed by atoms with Gasteiger partial charge >= 0.3 is 0 Å². The van der Waals surface area contributed by atoms with Crippen LogP contribution in [0, 0.1) is 5.92 Å². The fourth-order valence-electron chi connectivity index (χ4n) is 1.83. The molecule has 0 saturated heterocycles. The zero-order valence-corrected chi connectivity index (χ0v) is 13.3. The molecule has 0 aliphatic heterocycles. The van der Waals surface area contributed by atoms with Crippen molar-refractivity contribution in [3.63, 3.8) is 0 Å². The van der Waals surface area contributed by atoms with Crippen LogP contribution in [0.1, 0.15) is 30.6 Å². The van der Waals surface area contributed by atoms with E-state index < -0.39 is 5.91 Å². The lowest BCUT2D eigenvalue weighted by Crippen LogP contribution is -2.32. The fraction of sp³-hybridized carbons (Fsp3) is 0.500. The summed E-state index contributed by atoms with van der Waals surface area (Å²) in [6.45, 7) is 5.01. The van der Waals surface area contributed by atoms with Gasteiger partial charge in [0.25, 0.3) is 5.91 Å². The van der Waals surface area contributed by atoms with Crippen molar-refractivity contribution in [2.24, 2.45) is 17.4 Å². The molecule has 1 rings (SSSR count). The number of amides is 1. The average Bonchev–Trinajstić information content (AvgIpc) is 2.34. The Morgan fingerprint density at radius 3 is 2.58 bits per heavy atom. The zero-order valence-electron chi connectivity index (χ0n) is 11.7. The summed E-state index contributed by atoms with van der Waals surface area (Å²) in [6.07, 6.45) is 0.874. The molecule has 0 bridgehead atoms. The van der Waals surface area contributed by atoms with Crippen LogP contribution in [0.25, 0.3) is 0 Å². The van der Waals surface area contributed by atoms with Crippen molar-refractivity contribution in [2.75, 3.05) is 18.5 Å². The van der Waals surface area contributed by atoms with Crippen LogP contribution in [-0.4, -0.2) is 25.5 Å². The first-order chi connectivity index (χ1) is 8.82. The van der Waals surface area contributed by atoms with E-state index in [0.29, 0.717) is 11.5 Å². The summed E-state index contributed by atoms with van der Waals surface area (Å²) < 4.78 is 0.924. The highest BCUT2D eigenvalue weighted by molar-refractivity contribution is 9.10. The van der Waals surface area contributed by atoms with Crippen LogP contribution >= 0.6 is 15.9 Å². The van der Waals surface area contributed by atoms with E-state index in [4.69, 9.17) is 11.5 Å². The van der Waals surface area contributed by atoms with Gasteiger partial charge in [-0.05, 0) is 30.5 Å². The summed E-state index contributed by atoms with van der Waals surface area (Å²) in [5.41, 5.74) is 12.8. The van der Waals surface area contributed by atoms with E-state index in [2.05, 4.69) is 29.8 Å². The highest BCUT2D eigenvalue weighted by Gasteiger charge is 2.14. The molecule has 0 aromatic heterocycles. The van der Waals surface area contributed by atoms with Crippen molar-refractivity contribution in [1.29, 1.82) is 0 Å².